The van der Waals surface area contributed by atoms with Gasteiger partial charge in [0.15, 0.2) is 0 Å². The molecule has 0 spiro atoms. The molecule has 0 unspecified atom stereocenters. The number of carbonyl (C=O) groups is 2. The van der Waals surface area contributed by atoms with Gasteiger partial charge in [0.1, 0.15) is 0 Å². The van der Waals surface area contributed by atoms with Crippen molar-refractivity contribution < 1.29 is 9.59 Å². The van der Waals surface area contributed by atoms with E-state index < -0.39 is 5.91 Å². The van der Waals surface area contributed by atoms with Crippen molar-refractivity contribution in [3.63, 3.8) is 0 Å². The average Bonchev–Trinajstić information content (AvgIpc) is 2.24. The molecule has 2 N–H and O–H groups in total. The lowest BCUT2D eigenvalue weighted by molar-refractivity contribution is -0.118. The van der Waals surface area contributed by atoms with Crippen molar-refractivity contribution in [3.8, 4) is 0 Å². The first-order valence-electron chi connectivity index (χ1n) is 6.14. The molecule has 5 heteroatoms. The van der Waals surface area contributed by atoms with Crippen molar-refractivity contribution in [1.82, 2.24) is 4.90 Å². The highest BCUT2D eigenvalue weighted by Gasteiger charge is 2.19. The second-order valence-corrected chi connectivity index (χ2v) is 5.98. The van der Waals surface area contributed by atoms with E-state index in [1.807, 2.05) is 26.8 Å². The van der Waals surface area contributed by atoms with E-state index in [2.05, 4.69) is 15.9 Å². The van der Waals surface area contributed by atoms with Gasteiger partial charge in [-0.3, -0.25) is 9.59 Å². The molecule has 0 aromatic heterocycles. The maximum absolute atomic E-state index is 12.4. The lowest BCUT2D eigenvalue weighted by Gasteiger charge is -2.23. The number of halogens is 1. The summed E-state index contributed by atoms with van der Waals surface area (Å²) in [4.78, 5) is 25.0. The third kappa shape index (κ3) is 5.03. The summed E-state index contributed by atoms with van der Waals surface area (Å²) in [7, 11) is 0. The van der Waals surface area contributed by atoms with Gasteiger partial charge in [-0.05, 0) is 36.6 Å². The van der Waals surface area contributed by atoms with E-state index in [9.17, 15) is 9.59 Å². The quantitative estimate of drug-likeness (QED) is 0.902. The minimum absolute atomic E-state index is 0.0530. The Labute approximate surface area is 122 Å². The molecule has 19 heavy (non-hydrogen) atoms. The monoisotopic (exact) mass is 326 g/mol. The fourth-order valence-electron chi connectivity index (χ4n) is 1.89. The first-order valence-corrected chi connectivity index (χ1v) is 6.93. The van der Waals surface area contributed by atoms with Crippen molar-refractivity contribution >= 4 is 27.7 Å². The van der Waals surface area contributed by atoms with E-state index in [-0.39, 0.29) is 18.4 Å². The summed E-state index contributed by atoms with van der Waals surface area (Å²) in [5.41, 5.74) is 6.75. The molecule has 0 heterocycles. The summed E-state index contributed by atoms with van der Waals surface area (Å²) in [6.45, 7) is 6.36. The zero-order valence-electron chi connectivity index (χ0n) is 11.4. The largest absolute Gasteiger partial charge is 0.368 e. The van der Waals surface area contributed by atoms with Crippen molar-refractivity contribution in [2.45, 2.75) is 20.8 Å². The summed E-state index contributed by atoms with van der Waals surface area (Å²) >= 11 is 3.37. The van der Waals surface area contributed by atoms with Crippen LogP contribution < -0.4 is 5.73 Å². The highest BCUT2D eigenvalue weighted by molar-refractivity contribution is 9.10. The normalized spacial score (nSPS) is 10.6. The molecule has 0 fully saturated rings. The number of rotatable bonds is 5. The number of hydrogen-bond acceptors (Lipinski definition) is 2. The van der Waals surface area contributed by atoms with E-state index in [1.54, 1.807) is 12.1 Å². The summed E-state index contributed by atoms with van der Waals surface area (Å²) < 4.78 is 0.847. The number of nitrogens with two attached hydrogens (primary N) is 1. The molecule has 4 nitrogen and oxygen atoms in total. The summed E-state index contributed by atoms with van der Waals surface area (Å²) in [6.07, 6.45) is 0. The summed E-state index contributed by atoms with van der Waals surface area (Å²) in [5.74, 6) is -0.394. The van der Waals surface area contributed by atoms with Crippen molar-refractivity contribution in [2.24, 2.45) is 11.7 Å². The van der Waals surface area contributed by atoms with Crippen LogP contribution in [0.2, 0.25) is 0 Å². The fraction of sp³-hybridized carbons (Fsp3) is 0.429. The first kappa shape index (κ1) is 15.7. The molecular formula is C14H19BrN2O2. The van der Waals surface area contributed by atoms with Gasteiger partial charge in [0.05, 0.1) is 6.54 Å². The van der Waals surface area contributed by atoms with Gasteiger partial charge in [0.2, 0.25) is 5.91 Å². The van der Waals surface area contributed by atoms with Crippen LogP contribution in [0.25, 0.3) is 0 Å². The smallest absolute Gasteiger partial charge is 0.254 e. The highest BCUT2D eigenvalue weighted by atomic mass is 79.9. The zero-order valence-corrected chi connectivity index (χ0v) is 13.0. The number of benzene rings is 1. The van der Waals surface area contributed by atoms with Gasteiger partial charge < -0.3 is 10.6 Å². The number of amides is 2. The lowest BCUT2D eigenvalue weighted by Crippen LogP contribution is -2.40. The van der Waals surface area contributed by atoms with Crippen LogP contribution >= 0.6 is 15.9 Å². The van der Waals surface area contributed by atoms with Crippen molar-refractivity contribution in [2.75, 3.05) is 13.1 Å². The Morgan fingerprint density at radius 1 is 1.32 bits per heavy atom. The van der Waals surface area contributed by atoms with Crippen LogP contribution in [0, 0.1) is 12.8 Å². The number of carbonyl (C=O) groups excluding carboxylic acids is 2. The average molecular weight is 327 g/mol. The molecule has 0 radical (unpaired) electrons. The Balaban J connectivity index is 3.00. The molecular weight excluding hydrogens is 308 g/mol. The third-order valence-electron chi connectivity index (χ3n) is 2.51. The molecule has 1 rings (SSSR count). The second kappa shape index (κ2) is 6.70. The molecule has 0 saturated carbocycles. The summed E-state index contributed by atoms with van der Waals surface area (Å²) in [6, 6.07) is 5.49. The molecule has 0 saturated heterocycles. The van der Waals surface area contributed by atoms with E-state index in [0.717, 1.165) is 10.0 Å². The minimum Gasteiger partial charge on any atom is -0.368 e. The zero-order chi connectivity index (χ0) is 14.6. The topological polar surface area (TPSA) is 63.4 Å². The fourth-order valence-corrected chi connectivity index (χ4v) is 2.50. The van der Waals surface area contributed by atoms with Gasteiger partial charge in [0.25, 0.3) is 5.91 Å². The highest BCUT2D eigenvalue weighted by Crippen LogP contribution is 2.17. The number of nitrogens with zero attached hydrogens (tertiary/aromatic N) is 1. The van der Waals surface area contributed by atoms with E-state index in [0.29, 0.717) is 12.1 Å². The van der Waals surface area contributed by atoms with Crippen LogP contribution in [0.1, 0.15) is 29.8 Å². The Morgan fingerprint density at radius 3 is 2.42 bits per heavy atom. The first-order chi connectivity index (χ1) is 8.79. The van der Waals surface area contributed by atoms with Gasteiger partial charge in [-0.2, -0.15) is 0 Å². The predicted molar refractivity (Wildman–Crippen MR) is 78.8 cm³/mol. The third-order valence-corrected chi connectivity index (χ3v) is 2.97. The molecule has 0 aliphatic rings. The molecule has 0 aliphatic heterocycles. The Hall–Kier alpha value is -1.36. The molecule has 0 atom stereocenters. The number of aryl methyl sites for hydroxylation is 1. The molecule has 2 amide bonds. The maximum atomic E-state index is 12.4. The Morgan fingerprint density at radius 2 is 1.95 bits per heavy atom. The Kier molecular flexibility index (Phi) is 5.54. The van der Waals surface area contributed by atoms with Crippen LogP contribution in [-0.2, 0) is 4.79 Å². The minimum atomic E-state index is -0.499. The van der Waals surface area contributed by atoms with Crippen molar-refractivity contribution in [1.29, 1.82) is 0 Å². The van der Waals surface area contributed by atoms with Crippen molar-refractivity contribution in [3.05, 3.63) is 33.8 Å². The van der Waals surface area contributed by atoms with E-state index in [4.69, 9.17) is 5.73 Å². The Bertz CT molecular complexity index is 466. The van der Waals surface area contributed by atoms with E-state index >= 15 is 0 Å². The molecule has 0 aliphatic carbocycles. The van der Waals surface area contributed by atoms with Gasteiger partial charge in [0, 0.05) is 16.6 Å². The van der Waals surface area contributed by atoms with Crippen LogP contribution in [-0.4, -0.2) is 29.8 Å². The number of primary amides is 1. The van der Waals surface area contributed by atoms with Crippen LogP contribution in [0.3, 0.4) is 0 Å². The molecule has 1 aromatic rings. The van der Waals surface area contributed by atoms with Crippen LogP contribution in [0.5, 0.6) is 0 Å². The lowest BCUT2D eigenvalue weighted by atomic mass is 10.1. The SMILES string of the molecule is Cc1cc(Br)cc(C(=O)N(CC(N)=O)CC(C)C)c1. The van der Waals surface area contributed by atoms with Crippen LogP contribution in [0.4, 0.5) is 0 Å². The van der Waals surface area contributed by atoms with E-state index in [1.165, 1.54) is 4.90 Å². The molecule has 1 aromatic carbocycles. The molecule has 0 bridgehead atoms. The standard InChI is InChI=1S/C14H19BrN2O2/c1-9(2)7-17(8-13(16)18)14(19)11-4-10(3)5-12(15)6-11/h4-6,9H,7-8H2,1-3H3,(H2,16,18). The number of hydrogen-bond donors (Lipinski definition) is 1. The van der Waals surface area contributed by atoms with Gasteiger partial charge in [-0.25, -0.2) is 0 Å². The summed E-state index contributed by atoms with van der Waals surface area (Å²) in [5, 5.41) is 0. The van der Waals surface area contributed by atoms with Gasteiger partial charge >= 0.3 is 0 Å². The molecule has 104 valence electrons. The van der Waals surface area contributed by atoms with Crippen LogP contribution in [0.15, 0.2) is 22.7 Å². The second-order valence-electron chi connectivity index (χ2n) is 5.06. The predicted octanol–water partition coefficient (Wildman–Crippen LogP) is 2.34. The van der Waals surface area contributed by atoms with Gasteiger partial charge in [-0.15, -0.1) is 0 Å². The maximum Gasteiger partial charge on any atom is 0.254 e. The van der Waals surface area contributed by atoms with Gasteiger partial charge in [-0.1, -0.05) is 29.8 Å².